The Hall–Kier alpha value is -1.29. The number of hydrogen-bond donors (Lipinski definition) is 0. The smallest absolute Gasteiger partial charge is 0.271 e. The summed E-state index contributed by atoms with van der Waals surface area (Å²) in [4.78, 5) is 11.7. The summed E-state index contributed by atoms with van der Waals surface area (Å²) in [6.07, 6.45) is 0. The van der Waals surface area contributed by atoms with E-state index >= 15 is 0 Å². The summed E-state index contributed by atoms with van der Waals surface area (Å²) in [5.74, 6) is 0. The molecule has 0 amide bonds. The molecule has 1 aromatic carbocycles. The lowest BCUT2D eigenvalue weighted by Crippen LogP contribution is -2.19. The van der Waals surface area contributed by atoms with Crippen molar-refractivity contribution in [2.45, 2.75) is 6.92 Å². The minimum Gasteiger partial charge on any atom is -0.285 e. The zero-order valence-electron chi connectivity index (χ0n) is 8.57. The predicted molar refractivity (Wildman–Crippen MR) is 63.4 cm³/mol. The molecule has 4 heteroatoms. The zero-order valence-corrected chi connectivity index (χ0v) is 10.2. The maximum atomic E-state index is 11.7. The summed E-state index contributed by atoms with van der Waals surface area (Å²) < 4.78 is 4.38. The largest absolute Gasteiger partial charge is 0.285 e. The maximum Gasteiger partial charge on any atom is 0.271 e. The van der Waals surface area contributed by atoms with Gasteiger partial charge in [0.2, 0.25) is 0 Å². The number of halogens is 1. The fourth-order valence-corrected chi connectivity index (χ4v) is 2.00. The molecule has 1 aromatic heterocycles. The van der Waals surface area contributed by atoms with Crippen LogP contribution in [0.5, 0.6) is 0 Å². The average Bonchev–Trinajstić information content (AvgIpc) is 2.43. The molecule has 0 saturated carbocycles. The second-order valence-corrected chi connectivity index (χ2v) is 4.27. The van der Waals surface area contributed by atoms with Gasteiger partial charge in [0, 0.05) is 23.3 Å². The average molecular weight is 267 g/mol. The summed E-state index contributed by atoms with van der Waals surface area (Å²) in [6, 6.07) is 9.29. The van der Waals surface area contributed by atoms with Crippen molar-refractivity contribution in [1.29, 1.82) is 0 Å². The van der Waals surface area contributed by atoms with Gasteiger partial charge in [0.1, 0.15) is 0 Å². The molecule has 0 atom stereocenters. The number of aryl methyl sites for hydroxylation is 1. The number of benzene rings is 1. The van der Waals surface area contributed by atoms with Crippen LogP contribution in [0.15, 0.2) is 39.6 Å². The Morgan fingerprint density at radius 2 is 1.93 bits per heavy atom. The normalized spacial score (nSPS) is 10.6. The second kappa shape index (κ2) is 3.70. The van der Waals surface area contributed by atoms with E-state index < -0.39 is 0 Å². The predicted octanol–water partition coefficient (Wildman–Crippen LogP) is 2.25. The minimum absolute atomic E-state index is 0.0121. The fraction of sp³-hybridized carbons (Fsp3) is 0.182. The van der Waals surface area contributed by atoms with E-state index in [1.807, 2.05) is 42.9 Å². The molecule has 3 nitrogen and oxygen atoms in total. The summed E-state index contributed by atoms with van der Waals surface area (Å²) in [5.41, 5.74) is 1.79. The van der Waals surface area contributed by atoms with Crippen LogP contribution >= 0.6 is 15.9 Å². The maximum absolute atomic E-state index is 11.7. The minimum atomic E-state index is -0.0121. The van der Waals surface area contributed by atoms with Crippen LogP contribution in [-0.4, -0.2) is 9.36 Å². The lowest BCUT2D eigenvalue weighted by atomic mass is 10.3. The van der Waals surface area contributed by atoms with Crippen LogP contribution < -0.4 is 5.56 Å². The summed E-state index contributed by atoms with van der Waals surface area (Å²) in [6.45, 7) is 1.91. The van der Waals surface area contributed by atoms with Crippen molar-refractivity contribution < 1.29 is 0 Å². The quantitative estimate of drug-likeness (QED) is 0.778. The highest BCUT2D eigenvalue weighted by atomic mass is 79.9. The number of nitrogens with zero attached hydrogens (tertiary/aromatic N) is 2. The van der Waals surface area contributed by atoms with Gasteiger partial charge in [0.25, 0.3) is 5.56 Å². The van der Waals surface area contributed by atoms with Gasteiger partial charge in [-0.15, -0.1) is 0 Å². The molecule has 0 aliphatic heterocycles. The molecule has 15 heavy (non-hydrogen) atoms. The van der Waals surface area contributed by atoms with Crippen molar-refractivity contribution >= 4 is 15.9 Å². The van der Waals surface area contributed by atoms with Crippen LogP contribution in [0, 0.1) is 6.92 Å². The summed E-state index contributed by atoms with van der Waals surface area (Å²) in [5, 5.41) is 0. The van der Waals surface area contributed by atoms with Gasteiger partial charge in [-0.25, -0.2) is 4.68 Å². The van der Waals surface area contributed by atoms with Gasteiger partial charge in [0.05, 0.1) is 5.69 Å². The molecule has 0 fully saturated rings. The standard InChI is InChI=1S/C11H11BrN2O/c1-8-7-11(15)14(13(8)2)10-6-4-3-5-9(10)12/h3-7H,1-2H3. The SMILES string of the molecule is Cc1cc(=O)n(-c2ccccc2Br)n1C. The first-order chi connectivity index (χ1) is 7.11. The van der Waals surface area contributed by atoms with E-state index in [-0.39, 0.29) is 5.56 Å². The number of hydrogen-bond acceptors (Lipinski definition) is 1. The molecule has 2 aromatic rings. The van der Waals surface area contributed by atoms with Gasteiger partial charge in [-0.05, 0) is 35.0 Å². The highest BCUT2D eigenvalue weighted by molar-refractivity contribution is 9.10. The Kier molecular flexibility index (Phi) is 2.52. The van der Waals surface area contributed by atoms with Crippen LogP contribution in [0.2, 0.25) is 0 Å². The Balaban J connectivity index is 2.75. The van der Waals surface area contributed by atoms with Crippen molar-refractivity contribution in [2.24, 2.45) is 7.05 Å². The molecule has 0 unspecified atom stereocenters. The summed E-state index contributed by atoms with van der Waals surface area (Å²) >= 11 is 3.44. The highest BCUT2D eigenvalue weighted by Gasteiger charge is 2.08. The fourth-order valence-electron chi connectivity index (χ4n) is 1.54. The van der Waals surface area contributed by atoms with Gasteiger partial charge < -0.3 is 0 Å². The van der Waals surface area contributed by atoms with Gasteiger partial charge in [-0.1, -0.05) is 12.1 Å². The molecular weight excluding hydrogens is 256 g/mol. The van der Waals surface area contributed by atoms with Gasteiger partial charge in [-0.2, -0.15) is 0 Å². The van der Waals surface area contributed by atoms with Crippen LogP contribution in [0.4, 0.5) is 0 Å². The van der Waals surface area contributed by atoms with Crippen molar-refractivity contribution in [1.82, 2.24) is 9.36 Å². The van der Waals surface area contributed by atoms with E-state index in [0.717, 1.165) is 15.9 Å². The van der Waals surface area contributed by atoms with E-state index in [9.17, 15) is 4.79 Å². The van der Waals surface area contributed by atoms with Gasteiger partial charge in [0.15, 0.2) is 0 Å². The molecule has 0 aliphatic carbocycles. The molecule has 2 rings (SSSR count). The molecule has 0 aliphatic rings. The van der Waals surface area contributed by atoms with Crippen LogP contribution in [0.1, 0.15) is 5.69 Å². The monoisotopic (exact) mass is 266 g/mol. The molecular formula is C11H11BrN2O. The molecule has 78 valence electrons. The van der Waals surface area contributed by atoms with Crippen molar-refractivity contribution in [2.75, 3.05) is 0 Å². The van der Waals surface area contributed by atoms with Crippen LogP contribution in [-0.2, 0) is 7.05 Å². The van der Waals surface area contributed by atoms with Gasteiger partial charge in [-0.3, -0.25) is 9.48 Å². The Labute approximate surface area is 96.1 Å². The third-order valence-electron chi connectivity index (χ3n) is 2.43. The number of para-hydroxylation sites is 1. The summed E-state index contributed by atoms with van der Waals surface area (Å²) in [7, 11) is 1.87. The first kappa shape index (κ1) is 10.2. The van der Waals surface area contributed by atoms with Gasteiger partial charge >= 0.3 is 0 Å². The highest BCUT2D eigenvalue weighted by Crippen LogP contribution is 2.19. The second-order valence-electron chi connectivity index (χ2n) is 3.41. The van der Waals surface area contributed by atoms with Crippen LogP contribution in [0.25, 0.3) is 5.69 Å². The first-order valence-corrected chi connectivity index (χ1v) is 5.41. The third kappa shape index (κ3) is 1.65. The topological polar surface area (TPSA) is 26.9 Å². The van der Waals surface area contributed by atoms with E-state index in [2.05, 4.69) is 15.9 Å². The lowest BCUT2D eigenvalue weighted by Gasteiger charge is -2.09. The molecule has 0 bridgehead atoms. The first-order valence-electron chi connectivity index (χ1n) is 4.62. The van der Waals surface area contributed by atoms with Crippen molar-refractivity contribution in [3.05, 3.63) is 50.9 Å². The van der Waals surface area contributed by atoms with E-state index in [4.69, 9.17) is 0 Å². The van der Waals surface area contributed by atoms with E-state index in [1.165, 1.54) is 0 Å². The lowest BCUT2D eigenvalue weighted by molar-refractivity contribution is 0.628. The molecule has 1 heterocycles. The van der Waals surface area contributed by atoms with E-state index in [0.29, 0.717) is 0 Å². The zero-order chi connectivity index (χ0) is 11.0. The number of rotatable bonds is 1. The van der Waals surface area contributed by atoms with Crippen molar-refractivity contribution in [3.8, 4) is 5.69 Å². The van der Waals surface area contributed by atoms with Crippen molar-refractivity contribution in [3.63, 3.8) is 0 Å². The third-order valence-corrected chi connectivity index (χ3v) is 3.10. The number of aromatic nitrogens is 2. The molecule has 0 radical (unpaired) electrons. The molecule has 0 N–H and O–H groups in total. The molecule has 0 spiro atoms. The van der Waals surface area contributed by atoms with Crippen LogP contribution in [0.3, 0.4) is 0 Å². The Morgan fingerprint density at radius 3 is 2.47 bits per heavy atom. The molecule has 0 saturated heterocycles. The van der Waals surface area contributed by atoms with E-state index in [1.54, 1.807) is 10.7 Å². The Bertz CT molecular complexity index is 554. The Morgan fingerprint density at radius 1 is 1.27 bits per heavy atom.